The summed E-state index contributed by atoms with van der Waals surface area (Å²) in [6.07, 6.45) is 0.346. The molecule has 2 rings (SSSR count). The summed E-state index contributed by atoms with van der Waals surface area (Å²) in [5.41, 5.74) is -1.01. The van der Waals surface area contributed by atoms with E-state index >= 15 is 0 Å². The van der Waals surface area contributed by atoms with Crippen molar-refractivity contribution in [1.29, 1.82) is 0 Å². The van der Waals surface area contributed by atoms with E-state index in [1.165, 1.54) is 0 Å². The van der Waals surface area contributed by atoms with Gasteiger partial charge in [0.2, 0.25) is 5.88 Å². The topological polar surface area (TPSA) is 88.2 Å². The lowest BCUT2D eigenvalue weighted by molar-refractivity contribution is 0.384. The van der Waals surface area contributed by atoms with E-state index in [0.29, 0.717) is 12.2 Å². The smallest absolute Gasteiger partial charge is 0.331 e. The van der Waals surface area contributed by atoms with Gasteiger partial charge in [-0.3, -0.25) is 14.3 Å². The first-order valence-corrected chi connectivity index (χ1v) is 5.63. The molecule has 0 amide bonds. The minimum atomic E-state index is -0.649. The minimum Gasteiger partial charge on any atom is -0.494 e. The summed E-state index contributed by atoms with van der Waals surface area (Å²) in [7, 11) is 0. The van der Waals surface area contributed by atoms with Gasteiger partial charge < -0.3 is 9.52 Å². The third-order valence-corrected chi connectivity index (χ3v) is 2.73. The van der Waals surface area contributed by atoms with Crippen molar-refractivity contribution >= 4 is 0 Å². The van der Waals surface area contributed by atoms with Gasteiger partial charge in [-0.05, 0) is 25.5 Å². The van der Waals surface area contributed by atoms with Crippen molar-refractivity contribution in [2.75, 3.05) is 0 Å². The van der Waals surface area contributed by atoms with Crippen LogP contribution in [0, 0.1) is 6.92 Å². The van der Waals surface area contributed by atoms with Crippen LogP contribution in [-0.4, -0.2) is 14.7 Å². The Hall–Kier alpha value is -2.24. The Labute approximate surface area is 103 Å². The van der Waals surface area contributed by atoms with Gasteiger partial charge in [0.25, 0.3) is 5.56 Å². The van der Waals surface area contributed by atoms with Crippen molar-refractivity contribution in [3.63, 3.8) is 0 Å². The van der Waals surface area contributed by atoms with Gasteiger partial charge in [-0.15, -0.1) is 0 Å². The predicted octanol–water partition coefficient (Wildman–Crippen LogP) is 0.754. The highest BCUT2D eigenvalue weighted by Crippen LogP contribution is 2.14. The van der Waals surface area contributed by atoms with Gasteiger partial charge in [0, 0.05) is 0 Å². The molecule has 0 aromatic carbocycles. The Morgan fingerprint density at radius 1 is 1.39 bits per heavy atom. The van der Waals surface area contributed by atoms with Gasteiger partial charge in [-0.25, -0.2) is 4.79 Å². The molecule has 0 spiro atoms. The molecule has 0 atom stereocenters. The lowest BCUT2D eigenvalue weighted by Crippen LogP contribution is -2.32. The van der Waals surface area contributed by atoms with Crippen molar-refractivity contribution in [3.8, 4) is 5.88 Å². The summed E-state index contributed by atoms with van der Waals surface area (Å²) in [4.78, 5) is 25.3. The van der Waals surface area contributed by atoms with Gasteiger partial charge in [-0.2, -0.15) is 0 Å². The highest BCUT2D eigenvalue weighted by atomic mass is 16.3. The summed E-state index contributed by atoms with van der Waals surface area (Å²) in [6, 6.07) is 3.49. The van der Waals surface area contributed by atoms with Gasteiger partial charge >= 0.3 is 5.69 Å². The third kappa shape index (κ3) is 2.09. The first-order valence-electron chi connectivity index (χ1n) is 5.63. The maximum Gasteiger partial charge on any atom is 0.331 e. The summed E-state index contributed by atoms with van der Waals surface area (Å²) < 4.78 is 6.42. The SMILES string of the molecule is CCc1c(O)n(Cc2ccc(C)o2)c(=O)[nH]c1=O. The van der Waals surface area contributed by atoms with E-state index in [1.807, 2.05) is 0 Å². The van der Waals surface area contributed by atoms with E-state index in [0.717, 1.165) is 10.3 Å². The summed E-state index contributed by atoms with van der Waals surface area (Å²) in [5.74, 6) is 0.956. The maximum absolute atomic E-state index is 11.6. The van der Waals surface area contributed by atoms with E-state index < -0.39 is 11.2 Å². The highest BCUT2D eigenvalue weighted by molar-refractivity contribution is 5.23. The molecular weight excluding hydrogens is 236 g/mol. The lowest BCUT2D eigenvalue weighted by Gasteiger charge is -2.08. The molecule has 96 valence electrons. The van der Waals surface area contributed by atoms with Gasteiger partial charge in [0.05, 0.1) is 12.1 Å². The van der Waals surface area contributed by atoms with Crippen molar-refractivity contribution in [1.82, 2.24) is 9.55 Å². The van der Waals surface area contributed by atoms with Crippen LogP contribution in [0.2, 0.25) is 0 Å². The Morgan fingerprint density at radius 3 is 2.67 bits per heavy atom. The number of aromatic hydroxyl groups is 1. The fourth-order valence-electron chi connectivity index (χ4n) is 1.79. The Morgan fingerprint density at radius 2 is 2.11 bits per heavy atom. The van der Waals surface area contributed by atoms with Crippen LogP contribution in [0.1, 0.15) is 24.0 Å². The van der Waals surface area contributed by atoms with Gasteiger partial charge in [-0.1, -0.05) is 6.92 Å². The molecule has 0 saturated carbocycles. The van der Waals surface area contributed by atoms with Crippen molar-refractivity contribution in [3.05, 3.63) is 50.1 Å². The summed E-state index contributed by atoms with van der Waals surface area (Å²) in [5, 5.41) is 9.92. The quantitative estimate of drug-likeness (QED) is 0.841. The molecular formula is C12H14N2O4. The summed E-state index contributed by atoms with van der Waals surface area (Å²) in [6.45, 7) is 3.61. The number of H-pyrrole nitrogens is 1. The number of nitrogens with zero attached hydrogens (tertiary/aromatic N) is 1. The molecule has 0 aliphatic heterocycles. The number of hydrogen-bond donors (Lipinski definition) is 2. The number of nitrogens with one attached hydrogen (secondary N) is 1. The van der Waals surface area contributed by atoms with Crippen LogP contribution in [0.5, 0.6) is 5.88 Å². The van der Waals surface area contributed by atoms with Crippen LogP contribution >= 0.6 is 0 Å². The molecule has 0 unspecified atom stereocenters. The molecule has 6 nitrogen and oxygen atoms in total. The Kier molecular flexibility index (Phi) is 3.10. The van der Waals surface area contributed by atoms with Crippen LogP contribution in [0.4, 0.5) is 0 Å². The molecule has 2 aromatic heterocycles. The molecule has 0 radical (unpaired) electrons. The molecule has 0 aliphatic carbocycles. The van der Waals surface area contributed by atoms with Gasteiger partial charge in [0.15, 0.2) is 0 Å². The van der Waals surface area contributed by atoms with Crippen molar-refractivity contribution in [2.24, 2.45) is 0 Å². The zero-order chi connectivity index (χ0) is 13.3. The standard InChI is InChI=1S/C12H14N2O4/c1-3-9-10(15)13-12(17)14(11(9)16)6-8-5-4-7(2)18-8/h4-5,16H,3,6H2,1-2H3,(H,13,15,17). The number of hydrogen-bond acceptors (Lipinski definition) is 4. The monoisotopic (exact) mass is 250 g/mol. The molecule has 2 aromatic rings. The van der Waals surface area contributed by atoms with Crippen LogP contribution in [-0.2, 0) is 13.0 Å². The molecule has 18 heavy (non-hydrogen) atoms. The fraction of sp³-hybridized carbons (Fsp3) is 0.333. The molecule has 6 heteroatoms. The average molecular weight is 250 g/mol. The molecule has 0 aliphatic rings. The lowest BCUT2D eigenvalue weighted by atomic mass is 10.2. The Balaban J connectivity index is 2.51. The largest absolute Gasteiger partial charge is 0.494 e. The van der Waals surface area contributed by atoms with Gasteiger partial charge in [0.1, 0.15) is 11.5 Å². The zero-order valence-electron chi connectivity index (χ0n) is 10.2. The van der Waals surface area contributed by atoms with Crippen molar-refractivity contribution < 1.29 is 9.52 Å². The molecule has 0 bridgehead atoms. The first-order chi connectivity index (χ1) is 8.52. The van der Waals surface area contributed by atoms with E-state index in [2.05, 4.69) is 4.98 Å². The number of furan rings is 1. The first kappa shape index (κ1) is 12.2. The van der Waals surface area contributed by atoms with E-state index in [4.69, 9.17) is 4.42 Å². The molecule has 0 fully saturated rings. The number of rotatable bonds is 3. The second kappa shape index (κ2) is 4.56. The van der Waals surface area contributed by atoms with E-state index in [9.17, 15) is 14.7 Å². The van der Waals surface area contributed by atoms with Crippen LogP contribution in [0.15, 0.2) is 26.1 Å². The molecule has 0 saturated heterocycles. The molecule has 2 heterocycles. The fourth-order valence-corrected chi connectivity index (χ4v) is 1.79. The second-order valence-electron chi connectivity index (χ2n) is 4.01. The molecule has 2 N–H and O–H groups in total. The van der Waals surface area contributed by atoms with Crippen LogP contribution in [0.25, 0.3) is 0 Å². The number of aryl methyl sites for hydroxylation is 1. The highest BCUT2D eigenvalue weighted by Gasteiger charge is 2.13. The maximum atomic E-state index is 11.6. The average Bonchev–Trinajstić information content (AvgIpc) is 2.70. The third-order valence-electron chi connectivity index (χ3n) is 2.73. The van der Waals surface area contributed by atoms with Crippen LogP contribution < -0.4 is 11.2 Å². The van der Waals surface area contributed by atoms with Crippen LogP contribution in [0.3, 0.4) is 0 Å². The number of aromatic amines is 1. The van der Waals surface area contributed by atoms with E-state index in [1.54, 1.807) is 26.0 Å². The van der Waals surface area contributed by atoms with Crippen molar-refractivity contribution in [2.45, 2.75) is 26.8 Å². The minimum absolute atomic E-state index is 0.0856. The van der Waals surface area contributed by atoms with E-state index in [-0.39, 0.29) is 18.0 Å². The number of aromatic nitrogens is 2. The Bertz CT molecular complexity index is 678. The zero-order valence-corrected chi connectivity index (χ0v) is 10.2. The second-order valence-corrected chi connectivity index (χ2v) is 4.01. The summed E-state index contributed by atoms with van der Waals surface area (Å²) >= 11 is 0. The normalized spacial score (nSPS) is 10.8. The predicted molar refractivity (Wildman–Crippen MR) is 64.9 cm³/mol.